The number of aromatic nitrogens is 4. The fraction of sp³-hybridized carbons (Fsp3) is 0.111. The fourth-order valence-corrected chi connectivity index (χ4v) is 1.72. The van der Waals surface area contributed by atoms with Gasteiger partial charge in [-0.05, 0) is 30.8 Å². The molecule has 15 heavy (non-hydrogen) atoms. The summed E-state index contributed by atoms with van der Waals surface area (Å²) in [5.74, 6) is 0.0248. The number of nitrogens with zero attached hydrogens (tertiary/aromatic N) is 3. The van der Waals surface area contributed by atoms with Crippen LogP contribution in [0.5, 0.6) is 0 Å². The SMILES string of the molecule is CC(=O)c1ccnc(Sc2ncn[nH]2)c1. The Morgan fingerprint density at radius 1 is 1.47 bits per heavy atom. The van der Waals surface area contributed by atoms with Crippen LogP contribution in [0.25, 0.3) is 0 Å². The predicted octanol–water partition coefficient (Wildman–Crippen LogP) is 1.55. The van der Waals surface area contributed by atoms with E-state index in [1.165, 1.54) is 25.0 Å². The number of carbonyl (C=O) groups excluding carboxylic acids is 1. The number of Topliss-reactive ketones (excluding diaryl/α,β-unsaturated/α-hetero) is 1. The van der Waals surface area contributed by atoms with E-state index in [0.717, 1.165) is 5.03 Å². The van der Waals surface area contributed by atoms with Gasteiger partial charge in [0.05, 0.1) is 0 Å². The van der Waals surface area contributed by atoms with Crippen LogP contribution in [0.15, 0.2) is 34.8 Å². The normalized spacial score (nSPS) is 10.2. The van der Waals surface area contributed by atoms with E-state index in [1.54, 1.807) is 18.3 Å². The lowest BCUT2D eigenvalue weighted by molar-refractivity contribution is 0.101. The second-order valence-electron chi connectivity index (χ2n) is 2.83. The lowest BCUT2D eigenvalue weighted by atomic mass is 10.2. The second-order valence-corrected chi connectivity index (χ2v) is 3.84. The van der Waals surface area contributed by atoms with Crippen molar-refractivity contribution >= 4 is 17.5 Å². The minimum Gasteiger partial charge on any atom is -0.295 e. The van der Waals surface area contributed by atoms with Gasteiger partial charge in [-0.15, -0.1) is 0 Å². The van der Waals surface area contributed by atoms with E-state index in [2.05, 4.69) is 20.2 Å². The summed E-state index contributed by atoms with van der Waals surface area (Å²) in [4.78, 5) is 19.2. The molecule has 2 aromatic heterocycles. The summed E-state index contributed by atoms with van der Waals surface area (Å²) in [5, 5.41) is 7.81. The van der Waals surface area contributed by atoms with Crippen molar-refractivity contribution in [2.75, 3.05) is 0 Å². The van der Waals surface area contributed by atoms with Gasteiger partial charge >= 0.3 is 0 Å². The average Bonchev–Trinajstić information content (AvgIpc) is 2.71. The summed E-state index contributed by atoms with van der Waals surface area (Å²) in [6.45, 7) is 1.53. The third-order valence-electron chi connectivity index (χ3n) is 1.74. The van der Waals surface area contributed by atoms with Gasteiger partial charge in [-0.1, -0.05) is 0 Å². The van der Waals surface area contributed by atoms with Crippen LogP contribution in [-0.2, 0) is 0 Å². The molecule has 0 unspecified atom stereocenters. The zero-order valence-electron chi connectivity index (χ0n) is 7.97. The summed E-state index contributed by atoms with van der Waals surface area (Å²) < 4.78 is 0. The number of hydrogen-bond donors (Lipinski definition) is 1. The van der Waals surface area contributed by atoms with Crippen molar-refractivity contribution < 1.29 is 4.79 Å². The van der Waals surface area contributed by atoms with E-state index >= 15 is 0 Å². The zero-order valence-corrected chi connectivity index (χ0v) is 8.78. The van der Waals surface area contributed by atoms with Crippen LogP contribution in [0.1, 0.15) is 17.3 Å². The standard InChI is InChI=1S/C9H8N4OS/c1-6(14)7-2-3-10-8(4-7)15-9-11-5-12-13-9/h2-5H,1H3,(H,11,12,13). The minimum absolute atomic E-state index is 0.0248. The molecule has 0 atom stereocenters. The molecule has 0 aromatic carbocycles. The third kappa shape index (κ3) is 2.41. The monoisotopic (exact) mass is 220 g/mol. The predicted molar refractivity (Wildman–Crippen MR) is 54.7 cm³/mol. The first kappa shape index (κ1) is 9.85. The molecule has 0 aliphatic heterocycles. The molecule has 2 aromatic rings. The van der Waals surface area contributed by atoms with Crippen LogP contribution < -0.4 is 0 Å². The van der Waals surface area contributed by atoms with Gasteiger partial charge in [0.1, 0.15) is 11.4 Å². The van der Waals surface area contributed by atoms with Crippen molar-refractivity contribution in [1.82, 2.24) is 20.2 Å². The van der Waals surface area contributed by atoms with Crippen LogP contribution in [0, 0.1) is 0 Å². The van der Waals surface area contributed by atoms with Gasteiger partial charge in [0, 0.05) is 11.8 Å². The highest BCUT2D eigenvalue weighted by Gasteiger charge is 2.04. The van der Waals surface area contributed by atoms with E-state index in [9.17, 15) is 4.79 Å². The Bertz CT molecular complexity index is 469. The second kappa shape index (κ2) is 4.22. The molecule has 0 aliphatic carbocycles. The van der Waals surface area contributed by atoms with Gasteiger partial charge in [0.2, 0.25) is 0 Å². The Morgan fingerprint density at radius 3 is 3.00 bits per heavy atom. The van der Waals surface area contributed by atoms with Gasteiger partial charge in [0.25, 0.3) is 0 Å². The fourth-order valence-electron chi connectivity index (χ4n) is 1.03. The highest BCUT2D eigenvalue weighted by atomic mass is 32.2. The van der Waals surface area contributed by atoms with Gasteiger partial charge in [-0.3, -0.25) is 9.89 Å². The maximum atomic E-state index is 11.1. The molecule has 6 heteroatoms. The molecule has 0 amide bonds. The highest BCUT2D eigenvalue weighted by molar-refractivity contribution is 7.99. The Balaban J connectivity index is 2.22. The number of hydrogen-bond acceptors (Lipinski definition) is 5. The number of carbonyl (C=O) groups is 1. The number of nitrogens with one attached hydrogen (secondary N) is 1. The van der Waals surface area contributed by atoms with E-state index < -0.39 is 0 Å². The number of ketones is 1. The van der Waals surface area contributed by atoms with Crippen molar-refractivity contribution in [3.05, 3.63) is 30.2 Å². The first-order valence-corrected chi connectivity index (χ1v) is 5.07. The summed E-state index contributed by atoms with van der Waals surface area (Å²) in [6.07, 6.45) is 3.03. The Hall–Kier alpha value is -1.69. The van der Waals surface area contributed by atoms with Crippen LogP contribution >= 0.6 is 11.8 Å². The molecule has 0 bridgehead atoms. The number of H-pyrrole nitrogens is 1. The van der Waals surface area contributed by atoms with Crippen LogP contribution in [0.2, 0.25) is 0 Å². The topological polar surface area (TPSA) is 71.5 Å². The number of rotatable bonds is 3. The smallest absolute Gasteiger partial charge is 0.189 e. The quantitative estimate of drug-likeness (QED) is 0.794. The maximum absolute atomic E-state index is 11.1. The molecule has 0 fully saturated rings. The zero-order chi connectivity index (χ0) is 10.7. The molecule has 5 nitrogen and oxygen atoms in total. The molecule has 2 rings (SSSR count). The molecule has 0 saturated carbocycles. The Kier molecular flexibility index (Phi) is 2.77. The minimum atomic E-state index is 0.0248. The summed E-state index contributed by atoms with van der Waals surface area (Å²) >= 11 is 1.33. The third-order valence-corrected chi connectivity index (χ3v) is 2.56. The maximum Gasteiger partial charge on any atom is 0.189 e. The lowest BCUT2D eigenvalue weighted by Crippen LogP contribution is -1.93. The van der Waals surface area contributed by atoms with Crippen molar-refractivity contribution in [1.29, 1.82) is 0 Å². The molecule has 2 heterocycles. The number of aromatic amines is 1. The van der Waals surface area contributed by atoms with Crippen molar-refractivity contribution in [2.45, 2.75) is 17.1 Å². The van der Waals surface area contributed by atoms with Crippen LogP contribution in [0.3, 0.4) is 0 Å². The Morgan fingerprint density at radius 2 is 2.33 bits per heavy atom. The van der Waals surface area contributed by atoms with Gasteiger partial charge in [-0.2, -0.15) is 5.10 Å². The van der Waals surface area contributed by atoms with E-state index in [4.69, 9.17) is 0 Å². The van der Waals surface area contributed by atoms with E-state index in [0.29, 0.717) is 10.7 Å². The molecular weight excluding hydrogens is 212 g/mol. The van der Waals surface area contributed by atoms with Crippen LogP contribution in [-0.4, -0.2) is 25.9 Å². The van der Waals surface area contributed by atoms with Gasteiger partial charge < -0.3 is 0 Å². The largest absolute Gasteiger partial charge is 0.295 e. The van der Waals surface area contributed by atoms with E-state index in [1.807, 2.05) is 0 Å². The highest BCUT2D eigenvalue weighted by Crippen LogP contribution is 2.22. The molecule has 1 N–H and O–H groups in total. The van der Waals surface area contributed by atoms with Crippen molar-refractivity contribution in [2.24, 2.45) is 0 Å². The molecule has 0 spiro atoms. The van der Waals surface area contributed by atoms with Crippen molar-refractivity contribution in [3.8, 4) is 0 Å². The average molecular weight is 220 g/mol. The van der Waals surface area contributed by atoms with Crippen LogP contribution in [0.4, 0.5) is 0 Å². The first-order valence-electron chi connectivity index (χ1n) is 4.26. The van der Waals surface area contributed by atoms with Crippen molar-refractivity contribution in [3.63, 3.8) is 0 Å². The van der Waals surface area contributed by atoms with E-state index in [-0.39, 0.29) is 5.78 Å². The lowest BCUT2D eigenvalue weighted by Gasteiger charge is -1.98. The molecule has 0 saturated heterocycles. The summed E-state index contributed by atoms with van der Waals surface area (Å²) in [5.41, 5.74) is 0.645. The number of pyridine rings is 1. The van der Waals surface area contributed by atoms with Gasteiger partial charge in [0.15, 0.2) is 10.9 Å². The molecule has 0 radical (unpaired) electrons. The summed E-state index contributed by atoms with van der Waals surface area (Å²) in [6, 6.07) is 3.42. The molecule has 76 valence electrons. The first-order chi connectivity index (χ1) is 7.25. The summed E-state index contributed by atoms with van der Waals surface area (Å²) in [7, 11) is 0. The Labute approximate surface area is 90.3 Å². The van der Waals surface area contributed by atoms with Gasteiger partial charge in [-0.25, -0.2) is 9.97 Å². The molecular formula is C9H8N4OS. The molecule has 0 aliphatic rings.